The molecular weight excluding hydrogens is 190 g/mol. The lowest BCUT2D eigenvalue weighted by atomic mass is 10.0. The Morgan fingerprint density at radius 2 is 2.33 bits per heavy atom. The number of piperidine rings is 1. The Balaban J connectivity index is 2.53. The second-order valence-corrected chi connectivity index (χ2v) is 3.94. The summed E-state index contributed by atoms with van der Waals surface area (Å²) in [5, 5.41) is 0. The number of unbranched alkanes of at least 4 members (excludes halogenated alkanes) is 1. The molecule has 1 amide bonds. The van der Waals surface area contributed by atoms with Crippen LogP contribution in [0.15, 0.2) is 12.2 Å². The molecule has 1 aliphatic heterocycles. The van der Waals surface area contributed by atoms with Crippen molar-refractivity contribution in [1.82, 2.24) is 4.90 Å². The molecule has 0 bridgehead atoms. The zero-order valence-corrected chi connectivity index (χ0v) is 9.74. The number of hydrogen-bond acceptors (Lipinski definition) is 2. The van der Waals surface area contributed by atoms with Crippen molar-refractivity contribution in [3.63, 3.8) is 0 Å². The first-order chi connectivity index (χ1) is 7.29. The summed E-state index contributed by atoms with van der Waals surface area (Å²) >= 11 is 0. The van der Waals surface area contributed by atoms with E-state index in [4.69, 9.17) is 4.74 Å². The number of rotatable bonds is 3. The van der Waals surface area contributed by atoms with E-state index >= 15 is 0 Å². The van der Waals surface area contributed by atoms with Crippen LogP contribution in [0.3, 0.4) is 0 Å². The third-order valence-electron chi connectivity index (χ3n) is 2.77. The minimum Gasteiger partial charge on any atom is -0.453 e. The van der Waals surface area contributed by atoms with E-state index in [2.05, 4.69) is 19.1 Å². The number of carbonyl (C=O) groups is 1. The maximum absolute atomic E-state index is 11.5. The highest BCUT2D eigenvalue weighted by Crippen LogP contribution is 2.19. The molecule has 1 aliphatic rings. The van der Waals surface area contributed by atoms with Crippen molar-refractivity contribution in [1.29, 1.82) is 0 Å². The van der Waals surface area contributed by atoms with Gasteiger partial charge in [0.25, 0.3) is 0 Å². The third kappa shape index (κ3) is 3.57. The summed E-state index contributed by atoms with van der Waals surface area (Å²) in [5.74, 6) is 0. The Bertz CT molecular complexity index is 226. The van der Waals surface area contributed by atoms with Gasteiger partial charge in [-0.25, -0.2) is 4.79 Å². The van der Waals surface area contributed by atoms with Crippen LogP contribution in [0.25, 0.3) is 0 Å². The standard InChI is InChI=1S/C12H21NO2/c1-3-4-5-8-11-9-6-7-10-13(11)12(14)15-2/h5,8,11H,3-4,6-7,9-10H2,1-2H3/b8-5+. The number of amides is 1. The van der Waals surface area contributed by atoms with E-state index in [0.29, 0.717) is 0 Å². The number of ether oxygens (including phenoxy) is 1. The van der Waals surface area contributed by atoms with Gasteiger partial charge in [-0.2, -0.15) is 0 Å². The highest BCUT2D eigenvalue weighted by molar-refractivity contribution is 5.68. The van der Waals surface area contributed by atoms with Gasteiger partial charge in [-0.1, -0.05) is 25.5 Å². The van der Waals surface area contributed by atoms with Crippen LogP contribution in [0.2, 0.25) is 0 Å². The molecule has 0 aliphatic carbocycles. The third-order valence-corrected chi connectivity index (χ3v) is 2.77. The molecule has 0 N–H and O–H groups in total. The number of nitrogens with zero attached hydrogens (tertiary/aromatic N) is 1. The summed E-state index contributed by atoms with van der Waals surface area (Å²) in [5.41, 5.74) is 0. The SMILES string of the molecule is CCC/C=C/C1CCCCN1C(=O)OC. The molecule has 0 aromatic carbocycles. The largest absolute Gasteiger partial charge is 0.453 e. The second kappa shape index (κ2) is 6.49. The van der Waals surface area contributed by atoms with Crippen LogP contribution in [0.5, 0.6) is 0 Å². The van der Waals surface area contributed by atoms with E-state index in [1.54, 1.807) is 0 Å². The van der Waals surface area contributed by atoms with E-state index in [1.165, 1.54) is 13.5 Å². The van der Waals surface area contributed by atoms with Crippen LogP contribution in [0, 0.1) is 0 Å². The van der Waals surface area contributed by atoms with Crippen LogP contribution < -0.4 is 0 Å². The van der Waals surface area contributed by atoms with Crippen LogP contribution >= 0.6 is 0 Å². The first kappa shape index (κ1) is 12.1. The van der Waals surface area contributed by atoms with Gasteiger partial charge in [-0.3, -0.25) is 0 Å². The molecule has 1 saturated heterocycles. The van der Waals surface area contributed by atoms with E-state index < -0.39 is 0 Å². The minimum absolute atomic E-state index is 0.194. The first-order valence-electron chi connectivity index (χ1n) is 5.80. The van der Waals surface area contributed by atoms with Gasteiger partial charge < -0.3 is 9.64 Å². The normalized spacial score (nSPS) is 22.0. The summed E-state index contributed by atoms with van der Waals surface area (Å²) < 4.78 is 4.78. The fourth-order valence-electron chi connectivity index (χ4n) is 1.92. The second-order valence-electron chi connectivity index (χ2n) is 3.94. The maximum atomic E-state index is 11.5. The molecule has 15 heavy (non-hydrogen) atoms. The van der Waals surface area contributed by atoms with Gasteiger partial charge in [0.1, 0.15) is 0 Å². The Hall–Kier alpha value is -0.990. The quantitative estimate of drug-likeness (QED) is 0.672. The predicted octanol–water partition coefficient (Wildman–Crippen LogP) is 2.96. The van der Waals surface area contributed by atoms with Gasteiger partial charge in [-0.15, -0.1) is 0 Å². The molecule has 1 fully saturated rings. The van der Waals surface area contributed by atoms with Gasteiger partial charge in [-0.05, 0) is 25.7 Å². The van der Waals surface area contributed by atoms with Gasteiger partial charge in [0, 0.05) is 6.54 Å². The molecule has 0 radical (unpaired) electrons. The minimum atomic E-state index is -0.194. The van der Waals surface area contributed by atoms with E-state index in [9.17, 15) is 4.79 Å². The van der Waals surface area contributed by atoms with Crippen LogP contribution in [-0.4, -0.2) is 30.7 Å². The van der Waals surface area contributed by atoms with E-state index in [-0.39, 0.29) is 12.1 Å². The Labute approximate surface area is 92.1 Å². The molecule has 3 nitrogen and oxygen atoms in total. The van der Waals surface area contributed by atoms with Gasteiger partial charge in [0.05, 0.1) is 13.2 Å². The van der Waals surface area contributed by atoms with Crippen molar-refractivity contribution >= 4 is 6.09 Å². The summed E-state index contributed by atoms with van der Waals surface area (Å²) in [6, 6.07) is 0.248. The molecule has 1 atom stereocenters. The topological polar surface area (TPSA) is 29.5 Å². The molecule has 0 aromatic heterocycles. The smallest absolute Gasteiger partial charge is 0.409 e. The van der Waals surface area contributed by atoms with Crippen molar-refractivity contribution < 1.29 is 9.53 Å². The summed E-state index contributed by atoms with van der Waals surface area (Å²) in [6.45, 7) is 2.98. The Morgan fingerprint density at radius 3 is 3.00 bits per heavy atom. The first-order valence-corrected chi connectivity index (χ1v) is 5.80. The van der Waals surface area contributed by atoms with Crippen LogP contribution in [0.4, 0.5) is 4.79 Å². The predicted molar refractivity (Wildman–Crippen MR) is 60.8 cm³/mol. The number of likely N-dealkylation sites (tertiary alicyclic amines) is 1. The average Bonchev–Trinajstić information content (AvgIpc) is 2.29. The molecule has 3 heteroatoms. The summed E-state index contributed by atoms with van der Waals surface area (Å²) in [4.78, 5) is 13.3. The fraction of sp³-hybridized carbons (Fsp3) is 0.750. The number of allylic oxidation sites excluding steroid dienone is 1. The van der Waals surface area contributed by atoms with Gasteiger partial charge in [0.15, 0.2) is 0 Å². The Morgan fingerprint density at radius 1 is 1.53 bits per heavy atom. The molecule has 0 spiro atoms. The van der Waals surface area contributed by atoms with Crippen molar-refractivity contribution in [2.45, 2.75) is 45.1 Å². The van der Waals surface area contributed by atoms with Crippen molar-refractivity contribution in [2.75, 3.05) is 13.7 Å². The fourth-order valence-corrected chi connectivity index (χ4v) is 1.92. The molecule has 1 heterocycles. The number of carbonyl (C=O) groups excluding carboxylic acids is 1. The lowest BCUT2D eigenvalue weighted by Crippen LogP contribution is -2.42. The monoisotopic (exact) mass is 211 g/mol. The summed E-state index contributed by atoms with van der Waals surface area (Å²) in [7, 11) is 1.45. The van der Waals surface area contributed by atoms with E-state index in [0.717, 1.165) is 32.2 Å². The molecular formula is C12H21NO2. The molecule has 1 unspecified atom stereocenters. The van der Waals surface area contributed by atoms with Crippen molar-refractivity contribution in [2.24, 2.45) is 0 Å². The zero-order valence-electron chi connectivity index (χ0n) is 9.74. The number of hydrogen-bond donors (Lipinski definition) is 0. The summed E-state index contributed by atoms with van der Waals surface area (Å²) in [6.07, 6.45) is 9.73. The molecule has 0 aromatic rings. The Kier molecular flexibility index (Phi) is 5.22. The van der Waals surface area contributed by atoms with Gasteiger partial charge >= 0.3 is 6.09 Å². The van der Waals surface area contributed by atoms with Crippen LogP contribution in [0.1, 0.15) is 39.0 Å². The average molecular weight is 211 g/mol. The number of methoxy groups -OCH3 is 1. The lowest BCUT2D eigenvalue weighted by Gasteiger charge is -2.32. The van der Waals surface area contributed by atoms with Crippen molar-refractivity contribution in [3.05, 3.63) is 12.2 Å². The maximum Gasteiger partial charge on any atom is 0.409 e. The highest BCUT2D eigenvalue weighted by atomic mass is 16.5. The zero-order chi connectivity index (χ0) is 11.1. The molecule has 86 valence electrons. The van der Waals surface area contributed by atoms with Crippen molar-refractivity contribution in [3.8, 4) is 0 Å². The van der Waals surface area contributed by atoms with E-state index in [1.807, 2.05) is 4.90 Å². The van der Waals surface area contributed by atoms with Gasteiger partial charge in [0.2, 0.25) is 0 Å². The lowest BCUT2D eigenvalue weighted by molar-refractivity contribution is 0.101. The molecule has 1 rings (SSSR count). The molecule has 0 saturated carbocycles. The van der Waals surface area contributed by atoms with Crippen LogP contribution in [-0.2, 0) is 4.74 Å². The highest BCUT2D eigenvalue weighted by Gasteiger charge is 2.24.